The van der Waals surface area contributed by atoms with Crippen LogP contribution in [-0.2, 0) is 11.2 Å². The van der Waals surface area contributed by atoms with E-state index in [1.54, 1.807) is 6.20 Å². The zero-order chi connectivity index (χ0) is 29.5. The summed E-state index contributed by atoms with van der Waals surface area (Å²) in [5, 5.41) is 7.94. The Kier molecular flexibility index (Phi) is 14.1. The van der Waals surface area contributed by atoms with Gasteiger partial charge in [0.1, 0.15) is 5.82 Å². The first-order valence-corrected chi connectivity index (χ1v) is 15.0. The molecule has 0 aliphatic heterocycles. The molecule has 0 bridgehead atoms. The molecular weight excluding hydrogens is 494 g/mol. The molecule has 40 heavy (non-hydrogen) atoms. The molecule has 2 N–H and O–H groups in total. The minimum absolute atomic E-state index is 0.0215. The summed E-state index contributed by atoms with van der Waals surface area (Å²) in [6.07, 6.45) is 13.1. The fraction of sp³-hybridized carbons (Fsp3) is 0.471. The summed E-state index contributed by atoms with van der Waals surface area (Å²) < 4.78 is 0. The normalized spacial score (nSPS) is 13.6. The summed E-state index contributed by atoms with van der Waals surface area (Å²) in [7, 11) is 0. The van der Waals surface area contributed by atoms with Crippen LogP contribution in [0.2, 0.25) is 0 Å². The van der Waals surface area contributed by atoms with Crippen LogP contribution in [0.3, 0.4) is 0 Å². The van der Waals surface area contributed by atoms with E-state index in [2.05, 4.69) is 78.9 Å². The van der Waals surface area contributed by atoms with E-state index < -0.39 is 0 Å². The summed E-state index contributed by atoms with van der Waals surface area (Å²) >= 11 is 0. The number of carbonyl (C=O) groups is 1. The second kappa shape index (κ2) is 17.2. The van der Waals surface area contributed by atoms with Gasteiger partial charge >= 0.3 is 0 Å². The molecule has 6 heteroatoms. The SMILES string of the molecule is C=c1nc(NC(C)c2cc(NC(=O)Cc3ccc(C4CCC4)cn3)ccc2C)cn/c1=C/CCC.CC.CCC. The molecule has 216 valence electrons. The van der Waals surface area contributed by atoms with Crippen molar-refractivity contribution in [2.45, 2.75) is 105 Å². The van der Waals surface area contributed by atoms with Crippen LogP contribution in [-0.4, -0.2) is 20.9 Å². The smallest absolute Gasteiger partial charge is 0.230 e. The Balaban J connectivity index is 0.00000105. The largest absolute Gasteiger partial charge is 0.362 e. The lowest BCUT2D eigenvalue weighted by Gasteiger charge is -2.25. The van der Waals surface area contributed by atoms with E-state index in [4.69, 9.17) is 0 Å². The maximum atomic E-state index is 12.7. The number of carbonyl (C=O) groups excluding carboxylic acids is 1. The van der Waals surface area contributed by atoms with Crippen LogP contribution in [0.15, 0.2) is 42.7 Å². The Morgan fingerprint density at radius 3 is 2.40 bits per heavy atom. The van der Waals surface area contributed by atoms with Gasteiger partial charge in [0.05, 0.1) is 29.4 Å². The van der Waals surface area contributed by atoms with Crippen molar-refractivity contribution in [3.05, 3.63) is 75.8 Å². The maximum Gasteiger partial charge on any atom is 0.230 e. The molecule has 1 aliphatic rings. The Labute approximate surface area is 241 Å². The van der Waals surface area contributed by atoms with Crippen molar-refractivity contribution in [2.24, 2.45) is 0 Å². The van der Waals surface area contributed by atoms with Gasteiger partial charge in [-0.25, -0.2) is 4.98 Å². The van der Waals surface area contributed by atoms with Crippen LogP contribution in [0.4, 0.5) is 11.5 Å². The molecule has 0 saturated heterocycles. The summed E-state index contributed by atoms with van der Waals surface area (Å²) in [6.45, 7) is 18.6. The average molecular weight is 544 g/mol. The minimum atomic E-state index is -0.0733. The molecule has 2 heterocycles. The van der Waals surface area contributed by atoms with Gasteiger partial charge in [-0.3, -0.25) is 14.8 Å². The predicted molar refractivity (Wildman–Crippen MR) is 170 cm³/mol. The van der Waals surface area contributed by atoms with Gasteiger partial charge in [-0.15, -0.1) is 0 Å². The number of rotatable bonds is 9. The summed E-state index contributed by atoms with van der Waals surface area (Å²) in [6, 6.07) is 10.0. The highest BCUT2D eigenvalue weighted by Crippen LogP contribution is 2.35. The monoisotopic (exact) mass is 543 g/mol. The number of unbranched alkanes of at least 4 members (excludes halogenated alkanes) is 1. The Morgan fingerprint density at radius 2 is 1.82 bits per heavy atom. The van der Waals surface area contributed by atoms with Gasteiger partial charge in [-0.05, 0) is 73.9 Å². The molecule has 1 aromatic carbocycles. The van der Waals surface area contributed by atoms with Crippen LogP contribution in [0.1, 0.15) is 114 Å². The number of benzene rings is 1. The van der Waals surface area contributed by atoms with Gasteiger partial charge in [-0.2, -0.15) is 0 Å². The number of aromatic nitrogens is 3. The topological polar surface area (TPSA) is 79.8 Å². The standard InChI is InChI=1S/C29H35N5O.C3H8.C2H6/c1-5-6-10-27-21(4)33-28(18-31-27)32-20(3)26-15-25(13-11-19(26)2)34-29(35)16-24-14-12-23(17-30-24)22-8-7-9-22;1-3-2;1-2/h10-15,17-18,20,22H,4-9,16H2,1-3H3,(H,32,33)(H,34,35);3H2,1-2H3;1-2H3/b27-10+;;. The first kappa shape index (κ1) is 32.7. The van der Waals surface area contributed by atoms with Crippen LogP contribution in [0, 0.1) is 6.92 Å². The number of aryl methyl sites for hydroxylation is 1. The first-order chi connectivity index (χ1) is 19.3. The van der Waals surface area contributed by atoms with Crippen molar-refractivity contribution < 1.29 is 4.79 Å². The van der Waals surface area contributed by atoms with Crippen molar-refractivity contribution in [1.29, 1.82) is 0 Å². The van der Waals surface area contributed by atoms with Crippen molar-refractivity contribution >= 4 is 30.1 Å². The number of pyridine rings is 1. The van der Waals surface area contributed by atoms with Crippen LogP contribution in [0.25, 0.3) is 12.7 Å². The number of amides is 1. The van der Waals surface area contributed by atoms with E-state index >= 15 is 0 Å². The third-order valence-electron chi connectivity index (χ3n) is 6.66. The highest BCUT2D eigenvalue weighted by Gasteiger charge is 2.19. The molecule has 1 saturated carbocycles. The lowest BCUT2D eigenvalue weighted by atomic mass is 9.81. The van der Waals surface area contributed by atoms with Gasteiger partial charge < -0.3 is 10.6 Å². The zero-order valence-corrected chi connectivity index (χ0v) is 25.7. The van der Waals surface area contributed by atoms with Gasteiger partial charge in [0.15, 0.2) is 0 Å². The van der Waals surface area contributed by atoms with E-state index in [-0.39, 0.29) is 18.4 Å². The molecule has 3 aromatic rings. The summed E-state index contributed by atoms with van der Waals surface area (Å²) in [5.41, 5.74) is 5.06. The van der Waals surface area contributed by atoms with Crippen molar-refractivity contribution in [2.75, 3.05) is 10.6 Å². The van der Waals surface area contributed by atoms with Crippen molar-refractivity contribution in [3.8, 4) is 0 Å². The molecule has 0 radical (unpaired) electrons. The van der Waals surface area contributed by atoms with Crippen LogP contribution in [0.5, 0.6) is 0 Å². The molecule has 6 nitrogen and oxygen atoms in total. The fourth-order valence-electron chi connectivity index (χ4n) is 4.34. The molecule has 1 aliphatic carbocycles. The number of nitrogens with zero attached hydrogens (tertiary/aromatic N) is 3. The molecule has 1 amide bonds. The van der Waals surface area contributed by atoms with Crippen molar-refractivity contribution in [3.63, 3.8) is 0 Å². The third-order valence-corrected chi connectivity index (χ3v) is 6.66. The quantitative estimate of drug-likeness (QED) is 0.297. The third kappa shape index (κ3) is 9.89. The molecule has 2 aromatic heterocycles. The van der Waals surface area contributed by atoms with E-state index in [1.165, 1.54) is 31.2 Å². The van der Waals surface area contributed by atoms with Crippen LogP contribution < -0.4 is 21.3 Å². The molecular formula is C34H49N5O. The Morgan fingerprint density at radius 1 is 1.10 bits per heavy atom. The van der Waals surface area contributed by atoms with E-state index in [0.717, 1.165) is 40.7 Å². The maximum absolute atomic E-state index is 12.7. The minimum Gasteiger partial charge on any atom is -0.362 e. The number of nitrogens with one attached hydrogen (secondary N) is 2. The second-order valence-corrected chi connectivity index (χ2v) is 10.2. The zero-order valence-electron chi connectivity index (χ0n) is 25.7. The molecule has 1 unspecified atom stereocenters. The molecule has 1 atom stereocenters. The van der Waals surface area contributed by atoms with E-state index in [0.29, 0.717) is 17.1 Å². The number of hydrogen-bond donors (Lipinski definition) is 2. The Bertz CT molecular complexity index is 1300. The summed E-state index contributed by atoms with van der Waals surface area (Å²) in [4.78, 5) is 26.3. The number of hydrogen-bond acceptors (Lipinski definition) is 5. The predicted octanol–water partition coefficient (Wildman–Crippen LogP) is 7.24. The van der Waals surface area contributed by atoms with Gasteiger partial charge in [0.2, 0.25) is 5.91 Å². The fourth-order valence-corrected chi connectivity index (χ4v) is 4.34. The lowest BCUT2D eigenvalue weighted by Crippen LogP contribution is -2.31. The highest BCUT2D eigenvalue weighted by atomic mass is 16.1. The summed E-state index contributed by atoms with van der Waals surface area (Å²) in [5.74, 6) is 1.26. The first-order valence-electron chi connectivity index (χ1n) is 15.0. The molecule has 0 spiro atoms. The Hall–Kier alpha value is -3.54. The van der Waals surface area contributed by atoms with Crippen LogP contribution >= 0.6 is 0 Å². The lowest BCUT2D eigenvalue weighted by molar-refractivity contribution is -0.115. The average Bonchev–Trinajstić information content (AvgIpc) is 2.91. The number of anilines is 2. The van der Waals surface area contributed by atoms with Gasteiger partial charge in [0.25, 0.3) is 0 Å². The second-order valence-electron chi connectivity index (χ2n) is 10.2. The highest BCUT2D eigenvalue weighted by molar-refractivity contribution is 5.92. The van der Waals surface area contributed by atoms with E-state index in [1.807, 2.05) is 44.3 Å². The molecule has 1 fully saturated rings. The van der Waals surface area contributed by atoms with Crippen molar-refractivity contribution in [1.82, 2.24) is 15.0 Å². The van der Waals surface area contributed by atoms with Gasteiger partial charge in [-0.1, -0.05) is 78.7 Å². The van der Waals surface area contributed by atoms with Gasteiger partial charge in [0, 0.05) is 17.6 Å². The van der Waals surface area contributed by atoms with E-state index in [9.17, 15) is 4.79 Å². The molecule has 4 rings (SSSR count).